The normalized spacial score (nSPS) is 21.8. The van der Waals surface area contributed by atoms with Gasteiger partial charge < -0.3 is 25.7 Å². The molecule has 1 aliphatic heterocycles. The number of imidazole rings is 1. The lowest BCUT2D eigenvalue weighted by atomic mass is 9.92. The van der Waals surface area contributed by atoms with Crippen molar-refractivity contribution < 1.29 is 17.9 Å². The lowest BCUT2D eigenvalue weighted by Crippen LogP contribution is -2.42. The van der Waals surface area contributed by atoms with Crippen molar-refractivity contribution >= 4 is 63.7 Å². The minimum absolute atomic E-state index is 0. The second-order valence-electron chi connectivity index (χ2n) is 11.7. The van der Waals surface area contributed by atoms with Crippen LogP contribution >= 0.6 is 24.8 Å². The molecule has 3 aromatic rings. The molecule has 3 fully saturated rings. The number of sulfonamides is 1. The molecule has 0 atom stereocenters. The first-order chi connectivity index (χ1) is 20.3. The zero-order valence-corrected chi connectivity index (χ0v) is 27.3. The Morgan fingerprint density at radius 2 is 1.59 bits per heavy atom. The van der Waals surface area contributed by atoms with Crippen molar-refractivity contribution in [2.24, 2.45) is 5.73 Å². The number of ether oxygens (including phenoxy) is 1. The van der Waals surface area contributed by atoms with Crippen LogP contribution in [0.15, 0.2) is 35.5 Å². The van der Waals surface area contributed by atoms with E-state index >= 15 is 0 Å². The largest absolute Gasteiger partial charge is 0.465 e. The monoisotopic (exact) mass is 668 g/mol. The van der Waals surface area contributed by atoms with Crippen molar-refractivity contribution in [3.63, 3.8) is 0 Å². The average molecular weight is 670 g/mol. The van der Waals surface area contributed by atoms with Gasteiger partial charge in [0.25, 0.3) is 0 Å². The number of fused-ring (bicyclic) bond motifs is 1. The predicted octanol–water partition coefficient (Wildman–Crippen LogP) is 4.52. The van der Waals surface area contributed by atoms with Crippen molar-refractivity contribution in [3.8, 4) is 0 Å². The number of hydrogen-bond donors (Lipinski definition) is 3. The van der Waals surface area contributed by atoms with E-state index in [9.17, 15) is 13.2 Å². The van der Waals surface area contributed by atoms with Crippen molar-refractivity contribution in [1.82, 2.24) is 23.8 Å². The van der Waals surface area contributed by atoms with Gasteiger partial charge in [-0.05, 0) is 63.5 Å². The maximum absolute atomic E-state index is 13.5. The number of aromatic nitrogens is 4. The third-order valence-electron chi connectivity index (χ3n) is 8.95. The van der Waals surface area contributed by atoms with Crippen LogP contribution in [0.1, 0.15) is 80.6 Å². The molecule has 15 heteroatoms. The first-order valence-corrected chi connectivity index (χ1v) is 16.5. The minimum Gasteiger partial charge on any atom is -0.465 e. The van der Waals surface area contributed by atoms with Gasteiger partial charge in [0.1, 0.15) is 0 Å². The van der Waals surface area contributed by atoms with E-state index in [0.717, 1.165) is 49.7 Å². The minimum atomic E-state index is -3.87. The number of benzene rings is 1. The highest BCUT2D eigenvalue weighted by Crippen LogP contribution is 2.34. The van der Waals surface area contributed by atoms with Gasteiger partial charge in [0.05, 0.1) is 23.9 Å². The van der Waals surface area contributed by atoms with Crippen LogP contribution in [0.25, 0.3) is 11.2 Å². The molecule has 44 heavy (non-hydrogen) atoms. The summed E-state index contributed by atoms with van der Waals surface area (Å²) >= 11 is 0. The van der Waals surface area contributed by atoms with Crippen molar-refractivity contribution in [2.45, 2.75) is 93.3 Å². The molecule has 1 saturated heterocycles. The fourth-order valence-electron chi connectivity index (χ4n) is 6.52. The second kappa shape index (κ2) is 14.6. The highest BCUT2D eigenvalue weighted by Gasteiger charge is 2.33. The summed E-state index contributed by atoms with van der Waals surface area (Å²) in [6.45, 7) is 0.626. The van der Waals surface area contributed by atoms with E-state index in [1.807, 2.05) is 6.33 Å². The van der Waals surface area contributed by atoms with E-state index in [1.165, 1.54) is 36.4 Å². The zero-order valence-electron chi connectivity index (χ0n) is 24.9. The molecule has 3 aliphatic rings. The Morgan fingerprint density at radius 3 is 2.27 bits per heavy atom. The molecule has 0 bridgehead atoms. The number of esters is 1. The standard InChI is InChI=1S/C29H40N8O4S.2ClH/c1-41-28(38)23-8-4-5-9-24(23)42(39,40)36-16-14-21(15-17-36)32-26-25-27(37(18-31-25)22-6-2-3-7-22)35-29(34-26)33-20-12-10-19(30)11-13-20;;/h4-5,8-9,18-22H,2-3,6-7,10-17,30H2,1H3,(H2,32,33,34,35);2*1H. The molecule has 2 saturated carbocycles. The van der Waals surface area contributed by atoms with Crippen LogP contribution in [-0.2, 0) is 14.8 Å². The van der Waals surface area contributed by atoms with Crippen molar-refractivity contribution in [3.05, 3.63) is 36.2 Å². The highest BCUT2D eigenvalue weighted by molar-refractivity contribution is 7.89. The molecule has 6 rings (SSSR count). The summed E-state index contributed by atoms with van der Waals surface area (Å²) < 4.78 is 35.5. The number of methoxy groups -OCH3 is 1. The number of carbonyl (C=O) groups is 1. The predicted molar refractivity (Wildman–Crippen MR) is 174 cm³/mol. The van der Waals surface area contributed by atoms with Gasteiger partial charge in [-0.2, -0.15) is 14.3 Å². The summed E-state index contributed by atoms with van der Waals surface area (Å²) in [7, 11) is -2.62. The Hall–Kier alpha value is -2.71. The Balaban J connectivity index is 0.00000221. The number of nitrogens with two attached hydrogens (primary N) is 1. The topological polar surface area (TPSA) is 157 Å². The van der Waals surface area contributed by atoms with E-state index in [4.69, 9.17) is 25.4 Å². The third-order valence-corrected chi connectivity index (χ3v) is 10.9. The first kappa shape index (κ1) is 34.2. The second-order valence-corrected chi connectivity index (χ2v) is 13.6. The zero-order chi connectivity index (χ0) is 29.3. The van der Waals surface area contributed by atoms with Gasteiger partial charge in [-0.3, -0.25) is 0 Å². The van der Waals surface area contributed by atoms with Crippen LogP contribution in [0.4, 0.5) is 11.8 Å². The van der Waals surface area contributed by atoms with Crippen molar-refractivity contribution in [1.29, 1.82) is 0 Å². The fraction of sp³-hybridized carbons (Fsp3) is 0.586. The van der Waals surface area contributed by atoms with Gasteiger partial charge in [-0.15, -0.1) is 24.8 Å². The van der Waals surface area contributed by atoms with E-state index in [1.54, 1.807) is 12.1 Å². The molecule has 2 aromatic heterocycles. The SMILES string of the molecule is COC(=O)c1ccccc1S(=O)(=O)N1CCC(Nc2nc(NC3CCC(N)CC3)nc3c2ncn3C2CCCC2)CC1.Cl.Cl. The lowest BCUT2D eigenvalue weighted by Gasteiger charge is -2.32. The summed E-state index contributed by atoms with van der Waals surface area (Å²) in [6.07, 6.45) is 11.6. The van der Waals surface area contributed by atoms with E-state index in [2.05, 4.69) is 15.2 Å². The van der Waals surface area contributed by atoms with E-state index < -0.39 is 16.0 Å². The molecule has 1 aromatic carbocycles. The Labute approximate surface area is 270 Å². The van der Waals surface area contributed by atoms with Gasteiger partial charge in [-0.25, -0.2) is 18.2 Å². The Morgan fingerprint density at radius 1 is 0.932 bits per heavy atom. The van der Waals surface area contributed by atoms with Crippen LogP contribution in [0.3, 0.4) is 0 Å². The molecule has 2 aliphatic carbocycles. The van der Waals surface area contributed by atoms with Crippen molar-refractivity contribution in [2.75, 3.05) is 30.8 Å². The molecule has 0 amide bonds. The first-order valence-electron chi connectivity index (χ1n) is 15.0. The number of hydrogen-bond acceptors (Lipinski definition) is 10. The summed E-state index contributed by atoms with van der Waals surface area (Å²) in [5.74, 6) is 0.588. The highest BCUT2D eigenvalue weighted by atomic mass is 35.5. The molecule has 0 unspecified atom stereocenters. The molecular formula is C29H42Cl2N8O4S. The van der Waals surface area contributed by atoms with Crippen LogP contribution in [0.5, 0.6) is 0 Å². The van der Waals surface area contributed by atoms with Gasteiger partial charge >= 0.3 is 5.97 Å². The maximum Gasteiger partial charge on any atom is 0.339 e. The van der Waals surface area contributed by atoms with Gasteiger partial charge in [0.2, 0.25) is 16.0 Å². The van der Waals surface area contributed by atoms with E-state index in [0.29, 0.717) is 43.7 Å². The number of anilines is 2. The van der Waals surface area contributed by atoms with Gasteiger partial charge in [-0.1, -0.05) is 25.0 Å². The maximum atomic E-state index is 13.5. The average Bonchev–Trinajstić information content (AvgIpc) is 3.69. The number of carbonyl (C=O) groups excluding carboxylic acids is 1. The van der Waals surface area contributed by atoms with E-state index in [-0.39, 0.29) is 53.4 Å². The molecule has 3 heterocycles. The lowest BCUT2D eigenvalue weighted by molar-refractivity contribution is 0.0596. The molecule has 12 nitrogen and oxygen atoms in total. The Bertz CT molecular complexity index is 1530. The quantitative estimate of drug-likeness (QED) is 0.292. The number of rotatable bonds is 8. The summed E-state index contributed by atoms with van der Waals surface area (Å²) in [4.78, 5) is 26.8. The Kier molecular flexibility index (Phi) is 11.3. The van der Waals surface area contributed by atoms with Crippen LogP contribution < -0.4 is 16.4 Å². The summed E-state index contributed by atoms with van der Waals surface area (Å²) in [5.41, 5.74) is 7.73. The number of piperidine rings is 1. The number of nitrogens with one attached hydrogen (secondary N) is 2. The number of nitrogens with zero attached hydrogens (tertiary/aromatic N) is 5. The molecule has 4 N–H and O–H groups in total. The third kappa shape index (κ3) is 7.07. The van der Waals surface area contributed by atoms with Crippen LogP contribution in [-0.4, -0.2) is 76.5 Å². The molecule has 0 radical (unpaired) electrons. The van der Waals surface area contributed by atoms with Gasteiger partial charge in [0, 0.05) is 37.3 Å². The fourth-order valence-corrected chi connectivity index (χ4v) is 8.17. The molecule has 242 valence electrons. The van der Waals surface area contributed by atoms with Crippen LogP contribution in [0, 0.1) is 0 Å². The summed E-state index contributed by atoms with van der Waals surface area (Å²) in [5, 5.41) is 7.14. The number of halogens is 2. The molecule has 0 spiro atoms. The van der Waals surface area contributed by atoms with Gasteiger partial charge in [0.15, 0.2) is 17.0 Å². The molecular weight excluding hydrogens is 627 g/mol. The summed E-state index contributed by atoms with van der Waals surface area (Å²) in [6, 6.07) is 7.11. The smallest absolute Gasteiger partial charge is 0.339 e. The van der Waals surface area contributed by atoms with Crippen LogP contribution in [0.2, 0.25) is 0 Å².